The predicted molar refractivity (Wildman–Crippen MR) is 96.1 cm³/mol. The number of hydrazone groups is 1. The molecule has 4 rings (SSSR count). The Hall–Kier alpha value is -2.83. The van der Waals surface area contributed by atoms with Crippen LogP contribution in [0.3, 0.4) is 0 Å². The topological polar surface area (TPSA) is 61.7 Å². The van der Waals surface area contributed by atoms with Gasteiger partial charge in [-0.2, -0.15) is 5.10 Å². The van der Waals surface area contributed by atoms with Gasteiger partial charge in [-0.1, -0.05) is 30.3 Å². The van der Waals surface area contributed by atoms with E-state index in [4.69, 9.17) is 0 Å². The minimum atomic E-state index is -0.425. The monoisotopic (exact) mass is 353 g/mol. The van der Waals surface area contributed by atoms with Gasteiger partial charge in [0, 0.05) is 31.6 Å². The van der Waals surface area contributed by atoms with Gasteiger partial charge in [0.05, 0.1) is 12.2 Å². The molecule has 0 N–H and O–H groups in total. The van der Waals surface area contributed by atoms with E-state index in [9.17, 15) is 9.18 Å². The Morgan fingerprint density at radius 2 is 1.92 bits per heavy atom. The lowest BCUT2D eigenvalue weighted by molar-refractivity contribution is -0.138. The third-order valence-corrected chi connectivity index (χ3v) is 5.03. The fourth-order valence-corrected chi connectivity index (χ4v) is 3.64. The van der Waals surface area contributed by atoms with Crippen LogP contribution in [0.4, 0.5) is 10.2 Å². The van der Waals surface area contributed by atoms with Crippen LogP contribution >= 0.6 is 0 Å². The number of aromatic nitrogens is 2. The molecule has 0 aliphatic carbocycles. The van der Waals surface area contributed by atoms with Gasteiger partial charge in [-0.05, 0) is 18.4 Å². The summed E-state index contributed by atoms with van der Waals surface area (Å²) in [6.07, 6.45) is 6.38. The van der Waals surface area contributed by atoms with Crippen LogP contribution in [0.5, 0.6) is 0 Å². The van der Waals surface area contributed by atoms with Crippen molar-refractivity contribution in [3.8, 4) is 0 Å². The molecule has 134 valence electrons. The molecule has 26 heavy (non-hydrogen) atoms. The highest BCUT2D eigenvalue weighted by molar-refractivity contribution is 5.82. The first kappa shape index (κ1) is 16.6. The van der Waals surface area contributed by atoms with E-state index in [0.29, 0.717) is 31.7 Å². The third kappa shape index (κ3) is 3.16. The Kier molecular flexibility index (Phi) is 4.60. The fourth-order valence-electron chi connectivity index (χ4n) is 3.64. The summed E-state index contributed by atoms with van der Waals surface area (Å²) in [7, 11) is 0. The van der Waals surface area contributed by atoms with E-state index >= 15 is 0 Å². The van der Waals surface area contributed by atoms with Crippen molar-refractivity contribution in [2.75, 3.05) is 18.0 Å². The molecule has 7 heteroatoms. The van der Waals surface area contributed by atoms with Gasteiger partial charge in [-0.25, -0.2) is 19.4 Å². The lowest BCUT2D eigenvalue weighted by Crippen LogP contribution is -2.41. The van der Waals surface area contributed by atoms with E-state index < -0.39 is 5.82 Å². The highest BCUT2D eigenvalue weighted by Crippen LogP contribution is 2.32. The zero-order valence-corrected chi connectivity index (χ0v) is 14.3. The van der Waals surface area contributed by atoms with E-state index in [0.717, 1.165) is 12.0 Å². The third-order valence-electron chi connectivity index (χ3n) is 5.03. The molecule has 1 saturated heterocycles. The van der Waals surface area contributed by atoms with E-state index in [1.807, 2.05) is 35.2 Å². The highest BCUT2D eigenvalue weighted by atomic mass is 19.1. The quantitative estimate of drug-likeness (QED) is 0.851. The first-order valence-corrected chi connectivity index (χ1v) is 8.85. The van der Waals surface area contributed by atoms with Crippen LogP contribution in [0.1, 0.15) is 30.9 Å². The smallest absolute Gasteiger partial charge is 0.246 e. The number of carbonyl (C=O) groups excluding carboxylic acids is 1. The van der Waals surface area contributed by atoms with Crippen LogP contribution in [0.25, 0.3) is 0 Å². The van der Waals surface area contributed by atoms with Crippen molar-refractivity contribution >= 4 is 17.9 Å². The molecule has 0 spiro atoms. The molecular formula is C19H20FN5O. The first-order chi connectivity index (χ1) is 12.7. The Bertz CT molecular complexity index is 805. The number of carbonyl (C=O) groups is 1. The number of nitrogens with zero attached hydrogens (tertiary/aromatic N) is 5. The normalized spacial score (nSPS) is 20.6. The summed E-state index contributed by atoms with van der Waals surface area (Å²) < 4.78 is 13.9. The second-order valence-electron chi connectivity index (χ2n) is 6.60. The van der Waals surface area contributed by atoms with Crippen LogP contribution in [0.2, 0.25) is 0 Å². The number of rotatable bonds is 3. The molecule has 0 bridgehead atoms. The number of amides is 1. The van der Waals surface area contributed by atoms with E-state index in [-0.39, 0.29) is 17.9 Å². The molecule has 1 aromatic carbocycles. The highest BCUT2D eigenvalue weighted by Gasteiger charge is 2.35. The van der Waals surface area contributed by atoms with Gasteiger partial charge in [0.25, 0.3) is 0 Å². The minimum absolute atomic E-state index is 0.0268. The summed E-state index contributed by atoms with van der Waals surface area (Å²) in [5.74, 6) is -0.161. The molecule has 1 atom stereocenters. The van der Waals surface area contributed by atoms with Crippen LogP contribution in [0, 0.1) is 11.7 Å². The maximum absolute atomic E-state index is 13.9. The largest absolute Gasteiger partial charge is 0.354 e. The average molecular weight is 353 g/mol. The standard InChI is InChI=1S/C19H20FN5O/c20-16-12-21-13-22-18(16)24-10-7-15(8-11-24)19(26)25-17(6-9-23-25)14-4-2-1-3-5-14/h1-5,9,12-13,15,17H,6-8,10-11H2/t17-/m0/s1. The second kappa shape index (κ2) is 7.19. The molecule has 6 nitrogen and oxygen atoms in total. The zero-order chi connectivity index (χ0) is 17.9. The number of hydrogen-bond acceptors (Lipinski definition) is 5. The van der Waals surface area contributed by atoms with Crippen LogP contribution in [-0.4, -0.2) is 40.2 Å². The number of piperidine rings is 1. The average Bonchev–Trinajstić information content (AvgIpc) is 3.18. The molecule has 1 fully saturated rings. The van der Waals surface area contributed by atoms with Crippen molar-refractivity contribution in [3.05, 3.63) is 54.2 Å². The lowest BCUT2D eigenvalue weighted by Gasteiger charge is -2.34. The molecule has 0 radical (unpaired) electrons. The summed E-state index contributed by atoms with van der Waals surface area (Å²) in [6.45, 7) is 1.19. The zero-order valence-electron chi connectivity index (χ0n) is 14.3. The molecule has 1 amide bonds. The van der Waals surface area contributed by atoms with Gasteiger partial charge in [-0.3, -0.25) is 4.79 Å². The molecule has 3 heterocycles. The van der Waals surface area contributed by atoms with Gasteiger partial charge in [0.1, 0.15) is 6.33 Å². The van der Waals surface area contributed by atoms with Gasteiger partial charge in [-0.15, -0.1) is 0 Å². The van der Waals surface area contributed by atoms with Gasteiger partial charge >= 0.3 is 0 Å². The van der Waals surface area contributed by atoms with Crippen molar-refractivity contribution in [1.29, 1.82) is 0 Å². The second-order valence-corrected chi connectivity index (χ2v) is 6.60. The number of anilines is 1. The molecule has 2 aliphatic rings. The van der Waals surface area contributed by atoms with Crippen LogP contribution in [-0.2, 0) is 4.79 Å². The van der Waals surface area contributed by atoms with Crippen molar-refractivity contribution in [2.24, 2.45) is 11.0 Å². The number of hydrogen-bond donors (Lipinski definition) is 0. The summed E-state index contributed by atoms with van der Waals surface area (Å²) in [5.41, 5.74) is 1.10. The van der Waals surface area contributed by atoms with Crippen molar-refractivity contribution in [3.63, 3.8) is 0 Å². The first-order valence-electron chi connectivity index (χ1n) is 8.85. The van der Waals surface area contributed by atoms with Crippen molar-refractivity contribution < 1.29 is 9.18 Å². The summed E-state index contributed by atoms with van der Waals surface area (Å²) >= 11 is 0. The fraction of sp³-hybridized carbons (Fsp3) is 0.368. The van der Waals surface area contributed by atoms with Gasteiger partial charge < -0.3 is 4.90 Å². The Balaban J connectivity index is 1.42. The molecule has 1 aromatic heterocycles. The Morgan fingerprint density at radius 1 is 1.15 bits per heavy atom. The maximum atomic E-state index is 13.9. The molecule has 2 aliphatic heterocycles. The minimum Gasteiger partial charge on any atom is -0.354 e. The summed E-state index contributed by atoms with van der Waals surface area (Å²) in [6, 6.07) is 9.95. The Morgan fingerprint density at radius 3 is 2.65 bits per heavy atom. The van der Waals surface area contributed by atoms with Gasteiger partial charge in [0.15, 0.2) is 11.6 Å². The molecule has 0 saturated carbocycles. The van der Waals surface area contributed by atoms with Gasteiger partial charge in [0.2, 0.25) is 5.91 Å². The molecule has 2 aromatic rings. The summed E-state index contributed by atoms with van der Waals surface area (Å²) in [4.78, 5) is 22.6. The van der Waals surface area contributed by atoms with E-state index in [1.165, 1.54) is 12.5 Å². The number of benzene rings is 1. The number of halogens is 1. The maximum Gasteiger partial charge on any atom is 0.246 e. The van der Waals surface area contributed by atoms with Crippen LogP contribution < -0.4 is 4.90 Å². The summed E-state index contributed by atoms with van der Waals surface area (Å²) in [5, 5.41) is 5.95. The van der Waals surface area contributed by atoms with E-state index in [2.05, 4.69) is 15.1 Å². The van der Waals surface area contributed by atoms with E-state index in [1.54, 1.807) is 11.2 Å². The van der Waals surface area contributed by atoms with Crippen molar-refractivity contribution in [2.45, 2.75) is 25.3 Å². The lowest BCUT2D eigenvalue weighted by atomic mass is 9.94. The molecule has 0 unspecified atom stereocenters. The molecular weight excluding hydrogens is 333 g/mol. The SMILES string of the molecule is O=C(C1CCN(c2ncncc2F)CC1)N1N=CC[C@H]1c1ccccc1. The predicted octanol–water partition coefficient (Wildman–Crippen LogP) is 2.79. The Labute approximate surface area is 151 Å². The van der Waals surface area contributed by atoms with Crippen LogP contribution in [0.15, 0.2) is 48.0 Å². The van der Waals surface area contributed by atoms with Crippen molar-refractivity contribution in [1.82, 2.24) is 15.0 Å².